The summed E-state index contributed by atoms with van der Waals surface area (Å²) in [6.45, 7) is 10.3. The van der Waals surface area contributed by atoms with Gasteiger partial charge >= 0.3 is 0 Å². The molecule has 0 saturated carbocycles. The molecule has 2 heterocycles. The van der Waals surface area contributed by atoms with Crippen molar-refractivity contribution in [3.8, 4) is 17.2 Å². The van der Waals surface area contributed by atoms with Crippen molar-refractivity contribution in [2.75, 3.05) is 34.3 Å². The third-order valence-electron chi connectivity index (χ3n) is 4.98. The van der Waals surface area contributed by atoms with Gasteiger partial charge in [-0.15, -0.1) is 5.53 Å². The van der Waals surface area contributed by atoms with Gasteiger partial charge in [-0.1, -0.05) is 0 Å². The zero-order chi connectivity index (χ0) is 23.6. The summed E-state index contributed by atoms with van der Waals surface area (Å²) in [6.07, 6.45) is -0.567. The van der Waals surface area contributed by atoms with Crippen molar-refractivity contribution in [3.63, 3.8) is 0 Å². The van der Waals surface area contributed by atoms with Gasteiger partial charge in [-0.05, 0) is 34.6 Å². The number of benzene rings is 1. The van der Waals surface area contributed by atoms with E-state index in [-0.39, 0.29) is 30.1 Å². The first-order chi connectivity index (χ1) is 15.1. The topological polar surface area (TPSA) is 138 Å². The van der Waals surface area contributed by atoms with Gasteiger partial charge < -0.3 is 30.7 Å². The van der Waals surface area contributed by atoms with Crippen LogP contribution >= 0.6 is 0 Å². The first-order valence-corrected chi connectivity index (χ1v) is 10.6. The van der Waals surface area contributed by atoms with Crippen molar-refractivity contribution >= 4 is 23.3 Å². The number of hydrogen-bond donors (Lipinski definition) is 6. The maximum absolute atomic E-state index is 10.3. The molecule has 0 amide bonds. The van der Waals surface area contributed by atoms with E-state index in [1.54, 1.807) is 6.92 Å². The third kappa shape index (κ3) is 4.83. The van der Waals surface area contributed by atoms with Crippen LogP contribution in [0, 0.1) is 0 Å². The van der Waals surface area contributed by atoms with Gasteiger partial charge in [0.2, 0.25) is 5.95 Å². The van der Waals surface area contributed by atoms with E-state index in [2.05, 4.69) is 26.1 Å². The van der Waals surface area contributed by atoms with Crippen molar-refractivity contribution in [1.82, 2.24) is 15.5 Å². The van der Waals surface area contributed by atoms with Gasteiger partial charge in [-0.2, -0.15) is 9.97 Å². The molecule has 0 saturated heterocycles. The fourth-order valence-electron chi connectivity index (χ4n) is 3.31. The first kappa shape index (κ1) is 23.5. The van der Waals surface area contributed by atoms with Crippen molar-refractivity contribution in [3.05, 3.63) is 17.7 Å². The van der Waals surface area contributed by atoms with Crippen LogP contribution in [0.4, 0.5) is 23.3 Å². The highest BCUT2D eigenvalue weighted by Gasteiger charge is 2.34. The molecule has 0 fully saturated rings. The van der Waals surface area contributed by atoms with Crippen molar-refractivity contribution in [2.24, 2.45) is 0 Å². The number of nitrogens with zero attached hydrogens (tertiary/aromatic N) is 4. The Labute approximate surface area is 188 Å². The summed E-state index contributed by atoms with van der Waals surface area (Å²) in [6, 6.07) is 3.10. The number of hydrazine groups is 2. The number of phenolic OH excluding ortho intramolecular Hbond substituents is 2. The fraction of sp³-hybridized carbons (Fsp3) is 0.524. The monoisotopic (exact) mass is 447 g/mol. The van der Waals surface area contributed by atoms with E-state index in [1.807, 2.05) is 37.7 Å². The lowest BCUT2D eigenvalue weighted by molar-refractivity contribution is 0.208. The molecule has 0 radical (unpaired) electrons. The van der Waals surface area contributed by atoms with Crippen LogP contribution in [0.15, 0.2) is 12.1 Å². The van der Waals surface area contributed by atoms with Gasteiger partial charge in [0.1, 0.15) is 22.9 Å². The van der Waals surface area contributed by atoms with E-state index >= 15 is 0 Å². The smallest absolute Gasteiger partial charge is 0.226 e. The number of nitrogens with one attached hydrogen (secondary N) is 3. The zero-order valence-corrected chi connectivity index (χ0v) is 19.3. The molecule has 3 rings (SSSR count). The molecule has 0 aliphatic carbocycles. The Morgan fingerprint density at radius 2 is 1.62 bits per heavy atom. The zero-order valence-electron chi connectivity index (χ0n) is 19.3. The van der Waals surface area contributed by atoms with Gasteiger partial charge in [0.25, 0.3) is 0 Å². The molecule has 0 bridgehead atoms. The molecular formula is C21H33N7O4. The summed E-state index contributed by atoms with van der Waals surface area (Å²) >= 11 is 0. The number of phenols is 2. The number of aliphatic hydroxyl groups is 1. The minimum absolute atomic E-state index is 0.0878. The van der Waals surface area contributed by atoms with Crippen molar-refractivity contribution in [2.45, 2.75) is 59.4 Å². The molecule has 11 heteroatoms. The largest absolute Gasteiger partial charge is 0.507 e. The molecule has 1 aliphatic heterocycles. The minimum Gasteiger partial charge on any atom is -0.507 e. The molecule has 32 heavy (non-hydrogen) atoms. The van der Waals surface area contributed by atoms with Crippen LogP contribution in [0.25, 0.3) is 0 Å². The van der Waals surface area contributed by atoms with Gasteiger partial charge in [-0.3, -0.25) is 10.0 Å². The average Bonchev–Trinajstić information content (AvgIpc) is 3.11. The summed E-state index contributed by atoms with van der Waals surface area (Å²) in [4.78, 5) is 9.28. The van der Waals surface area contributed by atoms with E-state index in [0.717, 1.165) is 5.69 Å². The first-order valence-electron chi connectivity index (χ1n) is 10.6. The molecule has 2 aromatic rings. The lowest BCUT2D eigenvalue weighted by Crippen LogP contribution is -2.50. The van der Waals surface area contributed by atoms with E-state index in [1.165, 1.54) is 19.2 Å². The standard InChI is InChI=1S/C21H33N7O4/c1-11(2)27-18-19(22-10-15-16(30)7-14(32-6)8-17(15)31)24-21(23-9-13(5)29)25-20(18)28(26-27)12(3)4/h7-8,11-13,26,29-31H,9-10H2,1-6H3,(H2,22,23,24,25). The van der Waals surface area contributed by atoms with Gasteiger partial charge in [-0.25, -0.2) is 0 Å². The Kier molecular flexibility index (Phi) is 6.99. The maximum atomic E-state index is 10.3. The maximum Gasteiger partial charge on any atom is 0.226 e. The molecule has 6 N–H and O–H groups in total. The van der Waals surface area contributed by atoms with Crippen LogP contribution < -0.4 is 30.9 Å². The molecule has 11 nitrogen and oxygen atoms in total. The number of aromatic hydroxyl groups is 2. The molecule has 176 valence electrons. The van der Waals surface area contributed by atoms with E-state index in [0.29, 0.717) is 35.4 Å². The van der Waals surface area contributed by atoms with E-state index < -0.39 is 6.10 Å². The Bertz CT molecular complexity index is 929. The number of methoxy groups -OCH3 is 1. The van der Waals surface area contributed by atoms with Crippen molar-refractivity contribution < 1.29 is 20.1 Å². The molecule has 1 aromatic heterocycles. The van der Waals surface area contributed by atoms with Crippen LogP contribution in [0.2, 0.25) is 0 Å². The summed E-state index contributed by atoms with van der Waals surface area (Å²) in [5.41, 5.74) is 4.43. The lowest BCUT2D eigenvalue weighted by Gasteiger charge is -2.27. The number of fused-ring (bicyclic) bond motifs is 1. The second kappa shape index (κ2) is 9.53. The highest BCUT2D eigenvalue weighted by atomic mass is 16.5. The number of hydrogen-bond acceptors (Lipinski definition) is 11. The van der Waals surface area contributed by atoms with Crippen LogP contribution in [0.1, 0.15) is 40.2 Å². The number of rotatable bonds is 9. The Balaban J connectivity index is 2.01. The molecule has 0 spiro atoms. The summed E-state index contributed by atoms with van der Waals surface area (Å²) < 4.78 is 5.08. The number of aliphatic hydroxyl groups excluding tert-OH is 1. The highest BCUT2D eigenvalue weighted by Crippen LogP contribution is 2.41. The van der Waals surface area contributed by atoms with E-state index in [9.17, 15) is 15.3 Å². The van der Waals surface area contributed by atoms with Crippen LogP contribution in [0.5, 0.6) is 17.2 Å². The predicted octanol–water partition coefficient (Wildman–Crippen LogP) is 2.16. The Morgan fingerprint density at radius 3 is 2.16 bits per heavy atom. The average molecular weight is 448 g/mol. The van der Waals surface area contributed by atoms with Gasteiger partial charge in [0, 0.05) is 37.3 Å². The van der Waals surface area contributed by atoms with Crippen LogP contribution in [-0.4, -0.2) is 57.1 Å². The Hall–Kier alpha value is -3.18. The third-order valence-corrected chi connectivity index (χ3v) is 4.98. The number of anilines is 4. The van der Waals surface area contributed by atoms with E-state index in [4.69, 9.17) is 4.74 Å². The van der Waals surface area contributed by atoms with Crippen LogP contribution in [0.3, 0.4) is 0 Å². The summed E-state index contributed by atoms with van der Waals surface area (Å²) in [5.74, 6) is 1.74. The fourth-order valence-corrected chi connectivity index (χ4v) is 3.31. The normalized spacial score (nSPS) is 14.2. The molecule has 1 unspecified atom stereocenters. The number of ether oxygens (including phenoxy) is 1. The second-order valence-electron chi connectivity index (χ2n) is 8.32. The quantitative estimate of drug-likeness (QED) is 0.337. The highest BCUT2D eigenvalue weighted by molar-refractivity contribution is 5.83. The van der Waals surface area contributed by atoms with Crippen LogP contribution in [-0.2, 0) is 6.54 Å². The lowest BCUT2D eigenvalue weighted by atomic mass is 10.1. The van der Waals surface area contributed by atoms with Gasteiger partial charge in [0.15, 0.2) is 11.6 Å². The van der Waals surface area contributed by atoms with Gasteiger partial charge in [0.05, 0.1) is 18.8 Å². The summed E-state index contributed by atoms with van der Waals surface area (Å²) in [5, 5.41) is 40.5. The molecular weight excluding hydrogens is 414 g/mol. The summed E-state index contributed by atoms with van der Waals surface area (Å²) in [7, 11) is 1.46. The van der Waals surface area contributed by atoms with Crippen molar-refractivity contribution in [1.29, 1.82) is 0 Å². The molecule has 1 aliphatic rings. The SMILES string of the molecule is COc1cc(O)c(CNc2nc(NCC(C)O)nc3c2N(C(C)C)NN3C(C)C)c(O)c1. The Morgan fingerprint density at radius 1 is 1.00 bits per heavy atom. The molecule has 1 aromatic carbocycles. The second-order valence-corrected chi connectivity index (χ2v) is 8.32. The minimum atomic E-state index is -0.567. The predicted molar refractivity (Wildman–Crippen MR) is 124 cm³/mol. The molecule has 1 atom stereocenters. The number of aromatic nitrogens is 2.